The third-order valence-electron chi connectivity index (χ3n) is 0.405. The second kappa shape index (κ2) is 3.38. The van der Waals surface area contributed by atoms with Gasteiger partial charge in [0.25, 0.3) is 0 Å². The first-order valence-electron chi connectivity index (χ1n) is 1.95. The summed E-state index contributed by atoms with van der Waals surface area (Å²) in [6.07, 6.45) is -2.35. The average Bonchev–Trinajstić information content (AvgIpc) is 1.62. The largest absolute Gasteiger partial charge is 0.417 e. The van der Waals surface area contributed by atoms with E-state index in [1.807, 2.05) is 0 Å². The topological polar surface area (TPSA) is 29.5 Å². The SMILES string of the molecule is OCC(F)OC(F)(F)Br. The molecule has 0 aromatic carbocycles. The van der Waals surface area contributed by atoms with Crippen molar-refractivity contribution in [2.75, 3.05) is 6.61 Å². The van der Waals surface area contributed by atoms with Gasteiger partial charge in [0.1, 0.15) is 0 Å². The zero-order chi connectivity index (χ0) is 7.49. The van der Waals surface area contributed by atoms with E-state index in [0.29, 0.717) is 0 Å². The monoisotopic (exact) mass is 208 g/mol. The van der Waals surface area contributed by atoms with E-state index in [9.17, 15) is 13.2 Å². The summed E-state index contributed by atoms with van der Waals surface area (Å²) in [5.74, 6) is 0. The van der Waals surface area contributed by atoms with Crippen LogP contribution in [-0.4, -0.2) is 23.1 Å². The van der Waals surface area contributed by atoms with E-state index >= 15 is 0 Å². The molecule has 0 fully saturated rings. The highest BCUT2D eigenvalue weighted by Gasteiger charge is 2.29. The Bertz CT molecular complexity index is 83.6. The lowest BCUT2D eigenvalue weighted by molar-refractivity contribution is -0.229. The standard InChI is InChI=1S/C3H4BrF3O2/c4-3(6,7)9-2(5)1-8/h2,8H,1H2. The lowest BCUT2D eigenvalue weighted by atomic mass is 10.7. The Morgan fingerprint density at radius 3 is 2.22 bits per heavy atom. The summed E-state index contributed by atoms with van der Waals surface area (Å²) in [5.41, 5.74) is 0. The van der Waals surface area contributed by atoms with Crippen molar-refractivity contribution in [3.63, 3.8) is 0 Å². The van der Waals surface area contributed by atoms with E-state index in [4.69, 9.17) is 5.11 Å². The van der Waals surface area contributed by atoms with Gasteiger partial charge in [0.2, 0.25) is 6.36 Å². The minimum Gasteiger partial charge on any atom is -0.391 e. The average molecular weight is 209 g/mol. The van der Waals surface area contributed by atoms with Crippen molar-refractivity contribution in [1.29, 1.82) is 0 Å². The van der Waals surface area contributed by atoms with Crippen LogP contribution in [0.15, 0.2) is 0 Å². The Morgan fingerprint density at radius 2 is 2.11 bits per heavy atom. The zero-order valence-corrected chi connectivity index (χ0v) is 5.74. The predicted octanol–water partition coefficient (Wildman–Crippen LogP) is 1.24. The minimum absolute atomic E-state index is 1.08. The molecule has 0 aliphatic rings. The maximum Gasteiger partial charge on any atom is 0.417 e. The van der Waals surface area contributed by atoms with Gasteiger partial charge in [-0.15, -0.1) is 0 Å². The highest BCUT2D eigenvalue weighted by atomic mass is 79.9. The molecule has 0 saturated heterocycles. The van der Waals surface area contributed by atoms with E-state index in [2.05, 4.69) is 4.74 Å². The van der Waals surface area contributed by atoms with Crippen molar-refractivity contribution in [2.45, 2.75) is 11.4 Å². The van der Waals surface area contributed by atoms with Crippen molar-refractivity contribution in [1.82, 2.24) is 0 Å². The van der Waals surface area contributed by atoms with Crippen LogP contribution in [0.1, 0.15) is 0 Å². The molecule has 0 saturated carbocycles. The first-order valence-corrected chi connectivity index (χ1v) is 2.74. The molecule has 9 heavy (non-hydrogen) atoms. The summed E-state index contributed by atoms with van der Waals surface area (Å²) in [4.78, 5) is 0. The summed E-state index contributed by atoms with van der Waals surface area (Å²) in [7, 11) is 0. The van der Waals surface area contributed by atoms with Crippen LogP contribution in [0.5, 0.6) is 0 Å². The summed E-state index contributed by atoms with van der Waals surface area (Å²) in [6.45, 7) is -1.08. The molecule has 0 radical (unpaired) electrons. The van der Waals surface area contributed by atoms with Crippen LogP contribution in [0, 0.1) is 0 Å². The number of halogens is 4. The molecule has 0 spiro atoms. The number of ether oxygens (including phenoxy) is 1. The van der Waals surface area contributed by atoms with E-state index in [0.717, 1.165) is 0 Å². The van der Waals surface area contributed by atoms with Gasteiger partial charge in [-0.1, -0.05) is 0 Å². The maximum absolute atomic E-state index is 11.6. The van der Waals surface area contributed by atoms with E-state index in [-0.39, 0.29) is 0 Å². The Hall–Kier alpha value is 0.190. The summed E-state index contributed by atoms with van der Waals surface area (Å²) in [5, 5.41) is 4.14. The van der Waals surface area contributed by atoms with Gasteiger partial charge in [-0.2, -0.15) is 8.78 Å². The van der Waals surface area contributed by atoms with Gasteiger partial charge in [0, 0.05) is 15.9 Å². The number of hydrogen-bond donors (Lipinski definition) is 1. The van der Waals surface area contributed by atoms with Crippen molar-refractivity contribution in [2.24, 2.45) is 0 Å². The number of alkyl halides is 4. The number of rotatable bonds is 3. The molecule has 0 aliphatic carbocycles. The quantitative estimate of drug-likeness (QED) is 0.708. The first-order chi connectivity index (χ1) is 3.95. The maximum atomic E-state index is 11.6. The Balaban J connectivity index is 3.47. The Labute approximate surface area is 57.7 Å². The summed E-state index contributed by atoms with van der Waals surface area (Å²) >= 11 is 1.71. The van der Waals surface area contributed by atoms with Gasteiger partial charge in [0.05, 0.1) is 6.61 Å². The van der Waals surface area contributed by atoms with Gasteiger partial charge in [0.15, 0.2) is 0 Å². The molecular formula is C3H4BrF3O2. The summed E-state index contributed by atoms with van der Waals surface area (Å²) < 4.78 is 37.9. The second-order valence-corrected chi connectivity index (χ2v) is 2.08. The highest BCUT2D eigenvalue weighted by molar-refractivity contribution is 9.09. The smallest absolute Gasteiger partial charge is 0.391 e. The van der Waals surface area contributed by atoms with Crippen LogP contribution in [0.3, 0.4) is 0 Å². The lowest BCUT2D eigenvalue weighted by Gasteiger charge is -2.10. The number of aliphatic hydroxyl groups excluding tert-OH is 1. The molecule has 0 aromatic heterocycles. The molecule has 1 unspecified atom stereocenters. The normalized spacial score (nSPS) is 15.7. The lowest BCUT2D eigenvalue weighted by Crippen LogP contribution is -2.21. The number of aliphatic hydroxyl groups is 1. The molecule has 0 heterocycles. The van der Waals surface area contributed by atoms with Gasteiger partial charge in [-0.3, -0.25) is 4.74 Å². The molecule has 6 heteroatoms. The van der Waals surface area contributed by atoms with Crippen LogP contribution in [0.2, 0.25) is 0 Å². The fraction of sp³-hybridized carbons (Fsp3) is 1.00. The molecule has 1 N–H and O–H groups in total. The minimum atomic E-state index is -3.70. The molecule has 0 amide bonds. The molecule has 0 aliphatic heterocycles. The molecule has 1 atom stereocenters. The molecule has 56 valence electrons. The van der Waals surface area contributed by atoms with Crippen molar-refractivity contribution in [3.8, 4) is 0 Å². The van der Waals surface area contributed by atoms with Crippen molar-refractivity contribution in [3.05, 3.63) is 0 Å². The van der Waals surface area contributed by atoms with Crippen LogP contribution >= 0.6 is 15.9 Å². The highest BCUT2D eigenvalue weighted by Crippen LogP contribution is 2.24. The van der Waals surface area contributed by atoms with Crippen molar-refractivity contribution < 1.29 is 23.0 Å². The molecule has 0 aromatic rings. The van der Waals surface area contributed by atoms with Crippen LogP contribution in [0.25, 0.3) is 0 Å². The zero-order valence-electron chi connectivity index (χ0n) is 4.15. The van der Waals surface area contributed by atoms with Crippen LogP contribution in [0.4, 0.5) is 13.2 Å². The molecule has 0 bridgehead atoms. The third kappa shape index (κ3) is 6.07. The molecular weight excluding hydrogens is 205 g/mol. The Kier molecular flexibility index (Phi) is 3.45. The van der Waals surface area contributed by atoms with E-state index in [1.54, 1.807) is 15.9 Å². The van der Waals surface area contributed by atoms with Gasteiger partial charge in [-0.25, -0.2) is 4.39 Å². The fourth-order valence-corrected chi connectivity index (χ4v) is 0.385. The Morgan fingerprint density at radius 1 is 1.67 bits per heavy atom. The van der Waals surface area contributed by atoms with Gasteiger partial charge in [-0.05, 0) is 0 Å². The molecule has 0 rings (SSSR count). The molecule has 2 nitrogen and oxygen atoms in total. The van der Waals surface area contributed by atoms with Crippen LogP contribution in [-0.2, 0) is 4.74 Å². The first kappa shape index (κ1) is 9.19. The fourth-order valence-electron chi connectivity index (χ4n) is 0.182. The van der Waals surface area contributed by atoms with Crippen LogP contribution < -0.4 is 0 Å². The van der Waals surface area contributed by atoms with Gasteiger partial charge >= 0.3 is 5.02 Å². The predicted molar refractivity (Wildman–Crippen MR) is 26.9 cm³/mol. The van der Waals surface area contributed by atoms with E-state index < -0.39 is 18.0 Å². The summed E-state index contributed by atoms with van der Waals surface area (Å²) in [6, 6.07) is 0. The van der Waals surface area contributed by atoms with Crippen molar-refractivity contribution >= 4 is 15.9 Å². The van der Waals surface area contributed by atoms with Gasteiger partial charge < -0.3 is 5.11 Å². The third-order valence-corrected chi connectivity index (χ3v) is 0.592. The van der Waals surface area contributed by atoms with E-state index in [1.165, 1.54) is 0 Å². The second-order valence-electron chi connectivity index (χ2n) is 1.16. The number of hydrogen-bond acceptors (Lipinski definition) is 2.